The van der Waals surface area contributed by atoms with E-state index in [1.807, 2.05) is 0 Å². The van der Waals surface area contributed by atoms with E-state index in [-0.39, 0.29) is 6.67 Å². The number of hydrogen-bond acceptors (Lipinski definition) is 2. The van der Waals surface area contributed by atoms with Crippen LogP contribution in [0.15, 0.2) is 73.0 Å². The maximum atomic E-state index is 12.0. The summed E-state index contributed by atoms with van der Waals surface area (Å²) in [7, 11) is 0. The minimum Gasteiger partial charge on any atom is -0.403 e. The lowest BCUT2D eigenvalue weighted by atomic mass is 10.0. The van der Waals surface area contributed by atoms with Crippen molar-refractivity contribution in [3.8, 4) is 0 Å². The maximum absolute atomic E-state index is 12.0. The van der Waals surface area contributed by atoms with Gasteiger partial charge in [0.2, 0.25) is 0 Å². The van der Waals surface area contributed by atoms with Crippen LogP contribution in [0.3, 0.4) is 0 Å². The van der Waals surface area contributed by atoms with E-state index in [1.54, 1.807) is 6.92 Å². The van der Waals surface area contributed by atoms with Gasteiger partial charge in [0.05, 0.1) is 6.67 Å². The van der Waals surface area contributed by atoms with Gasteiger partial charge < -0.3 is 10.6 Å². The van der Waals surface area contributed by atoms with E-state index in [0.717, 1.165) is 32.6 Å². The molecule has 42 heavy (non-hydrogen) atoms. The lowest BCUT2D eigenvalue weighted by molar-refractivity contribution is -0.0909. The summed E-state index contributed by atoms with van der Waals surface area (Å²) in [6.45, 7) is 16.8. The highest BCUT2D eigenvalue weighted by Crippen LogP contribution is 2.22. The predicted octanol–water partition coefficient (Wildman–Crippen LogP) is 10.2. The SMILES string of the molecule is C=C(C)C(F)(F)F.C=C(C)N.CCCc1ccc(CC)cc1.FCCCCCc1ccc(CCCN2CCCC2)cc1. The number of nitrogens with two attached hydrogens (primary N) is 1. The van der Waals surface area contributed by atoms with E-state index >= 15 is 0 Å². The molecule has 0 radical (unpaired) electrons. The molecule has 0 aliphatic carbocycles. The van der Waals surface area contributed by atoms with Crippen molar-refractivity contribution in [1.29, 1.82) is 0 Å². The zero-order valence-corrected chi connectivity index (χ0v) is 26.7. The number of alkyl halides is 4. The molecule has 1 heterocycles. The van der Waals surface area contributed by atoms with E-state index in [2.05, 4.69) is 80.4 Å². The molecule has 2 aromatic rings. The molecule has 2 nitrogen and oxygen atoms in total. The lowest BCUT2D eigenvalue weighted by Gasteiger charge is -2.14. The van der Waals surface area contributed by atoms with Gasteiger partial charge in [-0.25, -0.2) is 0 Å². The highest BCUT2D eigenvalue weighted by molar-refractivity contribution is 5.23. The minimum absolute atomic E-state index is 0.171. The first-order valence-electron chi connectivity index (χ1n) is 15.5. The van der Waals surface area contributed by atoms with Gasteiger partial charge in [-0.1, -0.05) is 88.4 Å². The summed E-state index contributed by atoms with van der Waals surface area (Å²) in [5, 5.41) is 0. The molecule has 2 aromatic carbocycles. The van der Waals surface area contributed by atoms with Crippen molar-refractivity contribution < 1.29 is 17.6 Å². The van der Waals surface area contributed by atoms with Crippen LogP contribution in [0.4, 0.5) is 17.6 Å². The topological polar surface area (TPSA) is 29.3 Å². The third-order valence-corrected chi connectivity index (χ3v) is 6.71. The second kappa shape index (κ2) is 23.9. The Labute approximate surface area is 254 Å². The molecule has 0 atom stereocenters. The third-order valence-electron chi connectivity index (χ3n) is 6.71. The molecule has 0 amide bonds. The third kappa shape index (κ3) is 22.1. The van der Waals surface area contributed by atoms with E-state index < -0.39 is 11.7 Å². The predicted molar refractivity (Wildman–Crippen MR) is 174 cm³/mol. The number of allylic oxidation sites excluding steroid dienone is 2. The molecule has 0 saturated carbocycles. The van der Waals surface area contributed by atoms with E-state index in [9.17, 15) is 17.6 Å². The van der Waals surface area contributed by atoms with Crippen molar-refractivity contribution in [2.24, 2.45) is 5.73 Å². The second-order valence-corrected chi connectivity index (χ2v) is 11.0. The molecule has 238 valence electrons. The number of benzene rings is 2. The van der Waals surface area contributed by atoms with Gasteiger partial charge in [0, 0.05) is 5.57 Å². The minimum atomic E-state index is -4.19. The summed E-state index contributed by atoms with van der Waals surface area (Å²) in [6.07, 6.45) is 8.57. The maximum Gasteiger partial charge on any atom is 0.411 e. The molecule has 1 aliphatic heterocycles. The quantitative estimate of drug-likeness (QED) is 0.151. The number of halogens is 4. The fraction of sp³-hybridized carbons (Fsp3) is 0.556. The molecule has 1 saturated heterocycles. The molecular weight excluding hydrogens is 536 g/mol. The number of hydrogen-bond donors (Lipinski definition) is 1. The Morgan fingerprint density at radius 1 is 0.738 bits per heavy atom. The molecule has 1 fully saturated rings. The van der Waals surface area contributed by atoms with Crippen LogP contribution in [0.25, 0.3) is 0 Å². The Morgan fingerprint density at radius 2 is 1.14 bits per heavy atom. The Morgan fingerprint density at radius 3 is 1.52 bits per heavy atom. The molecule has 6 heteroatoms. The highest BCUT2D eigenvalue weighted by atomic mass is 19.4. The zero-order valence-electron chi connectivity index (χ0n) is 26.7. The number of aryl methyl sites for hydroxylation is 4. The summed E-state index contributed by atoms with van der Waals surface area (Å²) in [5.74, 6) is 0. The molecule has 3 rings (SSSR count). The van der Waals surface area contributed by atoms with Gasteiger partial charge in [-0.3, -0.25) is 4.39 Å². The molecule has 0 spiro atoms. The highest BCUT2D eigenvalue weighted by Gasteiger charge is 2.27. The van der Waals surface area contributed by atoms with Gasteiger partial charge >= 0.3 is 6.18 Å². The van der Waals surface area contributed by atoms with Crippen molar-refractivity contribution in [2.75, 3.05) is 26.3 Å². The summed E-state index contributed by atoms with van der Waals surface area (Å²) in [4.78, 5) is 2.58. The van der Waals surface area contributed by atoms with Gasteiger partial charge in [-0.2, -0.15) is 13.2 Å². The van der Waals surface area contributed by atoms with Crippen LogP contribution in [-0.4, -0.2) is 37.4 Å². The molecule has 2 N–H and O–H groups in total. The average molecular weight is 593 g/mol. The van der Waals surface area contributed by atoms with Crippen LogP contribution in [-0.2, 0) is 25.7 Å². The van der Waals surface area contributed by atoms with Crippen molar-refractivity contribution >= 4 is 0 Å². The van der Waals surface area contributed by atoms with Crippen LogP contribution >= 0.6 is 0 Å². The van der Waals surface area contributed by atoms with Gasteiger partial charge in [0.1, 0.15) is 0 Å². The first kappa shape index (κ1) is 39.4. The van der Waals surface area contributed by atoms with Crippen molar-refractivity contribution in [1.82, 2.24) is 4.90 Å². The van der Waals surface area contributed by atoms with E-state index in [0.29, 0.717) is 12.1 Å². The van der Waals surface area contributed by atoms with Crippen LogP contribution < -0.4 is 5.73 Å². The molecule has 0 unspecified atom stereocenters. The molecule has 1 aliphatic rings. The van der Waals surface area contributed by atoms with E-state index in [1.165, 1.54) is 80.4 Å². The summed E-state index contributed by atoms with van der Waals surface area (Å²) in [6, 6.07) is 18.0. The summed E-state index contributed by atoms with van der Waals surface area (Å²) in [5.41, 5.74) is 10.6. The standard InChI is InChI=1S/C18H28FN.C11H16.C4H5F3.C3H7N/c19-13-3-1-2-7-17-9-11-18(12-10-17)8-6-16-20-14-4-5-15-20;1-3-5-11-8-6-10(4-2)7-9-11;1-3(2)4(5,6)7;1-3(2)4/h9-12H,1-8,13-16H2;6-9H,3-5H2,1-2H3;1H2,2H3;1,4H2,2H3. The van der Waals surface area contributed by atoms with Gasteiger partial charge in [-0.15, -0.1) is 0 Å². The van der Waals surface area contributed by atoms with Crippen LogP contribution in [0.1, 0.15) is 94.9 Å². The first-order valence-corrected chi connectivity index (χ1v) is 15.5. The summed E-state index contributed by atoms with van der Waals surface area (Å²) >= 11 is 0. The molecule has 0 bridgehead atoms. The van der Waals surface area contributed by atoms with Crippen molar-refractivity contribution in [2.45, 2.75) is 105 Å². The number of likely N-dealkylation sites (tertiary alicyclic amines) is 1. The van der Waals surface area contributed by atoms with Gasteiger partial charge in [-0.05, 0) is 119 Å². The average Bonchev–Trinajstić information content (AvgIpc) is 3.46. The van der Waals surface area contributed by atoms with Crippen LogP contribution in [0.5, 0.6) is 0 Å². The van der Waals surface area contributed by atoms with Gasteiger partial charge in [0.15, 0.2) is 0 Å². The van der Waals surface area contributed by atoms with Gasteiger partial charge in [0.25, 0.3) is 0 Å². The van der Waals surface area contributed by atoms with Crippen molar-refractivity contribution in [3.05, 3.63) is 95.2 Å². The Balaban J connectivity index is 0.000000640. The second-order valence-electron chi connectivity index (χ2n) is 11.0. The first-order chi connectivity index (χ1) is 19.9. The molecule has 0 aromatic heterocycles. The largest absolute Gasteiger partial charge is 0.411 e. The Kier molecular flexibility index (Phi) is 22.4. The van der Waals surface area contributed by atoms with Crippen LogP contribution in [0.2, 0.25) is 0 Å². The van der Waals surface area contributed by atoms with Crippen LogP contribution in [0, 0.1) is 0 Å². The lowest BCUT2D eigenvalue weighted by Crippen LogP contribution is -2.20. The van der Waals surface area contributed by atoms with E-state index in [4.69, 9.17) is 5.73 Å². The van der Waals surface area contributed by atoms with Crippen molar-refractivity contribution in [3.63, 3.8) is 0 Å². The number of unbranched alkanes of at least 4 members (excludes halogenated alkanes) is 2. The normalized spacial score (nSPS) is 12.7. The fourth-order valence-corrected chi connectivity index (χ4v) is 4.22. The number of nitrogens with zero attached hydrogens (tertiary/aromatic N) is 1. The summed E-state index contributed by atoms with van der Waals surface area (Å²) < 4.78 is 45.2. The Hall–Kier alpha value is -2.60. The number of rotatable bonds is 12. The smallest absolute Gasteiger partial charge is 0.403 e. The fourth-order valence-electron chi connectivity index (χ4n) is 4.22. The monoisotopic (exact) mass is 592 g/mol. The zero-order chi connectivity index (χ0) is 31.8. The Bertz CT molecular complexity index is 940. The molecular formula is C36H56F4N2.